The van der Waals surface area contributed by atoms with Crippen LogP contribution in [0.25, 0.3) is 11.1 Å². The third kappa shape index (κ3) is 6.16. The van der Waals surface area contributed by atoms with E-state index in [0.717, 1.165) is 39.0 Å². The van der Waals surface area contributed by atoms with E-state index >= 15 is 8.78 Å². The van der Waals surface area contributed by atoms with Gasteiger partial charge in [-0.25, -0.2) is 13.8 Å². The number of fused-ring (bicyclic) bond motifs is 1. The first-order chi connectivity index (χ1) is 21.4. The molecule has 248 valence electrons. The van der Waals surface area contributed by atoms with Crippen molar-refractivity contribution in [3.63, 3.8) is 0 Å². The number of aromatic hydroxyl groups is 1. The van der Waals surface area contributed by atoms with Crippen LogP contribution in [-0.4, -0.2) is 86.1 Å². The molecule has 11 heteroatoms. The highest BCUT2D eigenvalue weighted by atomic mass is 35.5. The van der Waals surface area contributed by atoms with Crippen LogP contribution in [0.3, 0.4) is 0 Å². The fraction of sp³-hybridized carbons (Fsp3) is 0.618. The van der Waals surface area contributed by atoms with Gasteiger partial charge in [0.2, 0.25) is 0 Å². The summed E-state index contributed by atoms with van der Waals surface area (Å²) in [7, 11) is 3.85. The Hall–Kier alpha value is -2.50. The monoisotopic (exact) mass is 646 g/mol. The molecule has 0 aromatic heterocycles. The molecule has 45 heavy (non-hydrogen) atoms. The summed E-state index contributed by atoms with van der Waals surface area (Å²) >= 11 is 6.82. The van der Waals surface area contributed by atoms with Crippen LogP contribution >= 0.6 is 11.6 Å². The molecule has 3 N–H and O–H groups in total. The lowest BCUT2D eigenvalue weighted by Gasteiger charge is -2.53. The maximum atomic E-state index is 17.0. The number of rotatable bonds is 8. The third-order valence-electron chi connectivity index (χ3n) is 10.0. The number of halogens is 3. The van der Waals surface area contributed by atoms with E-state index in [-0.39, 0.29) is 51.3 Å². The predicted octanol–water partition coefficient (Wildman–Crippen LogP) is 6.12. The summed E-state index contributed by atoms with van der Waals surface area (Å²) in [5.41, 5.74) is -0.372. The van der Waals surface area contributed by atoms with Crippen LogP contribution in [0.4, 0.5) is 14.5 Å². The molecule has 2 aromatic carbocycles. The molecule has 0 bridgehead atoms. The number of aliphatic imine (C=N–C) groups is 1. The van der Waals surface area contributed by atoms with Crippen molar-refractivity contribution in [1.82, 2.24) is 20.4 Å². The second kappa shape index (κ2) is 13.3. The highest BCUT2D eigenvalue weighted by molar-refractivity contribution is 6.33. The first-order valence-corrected chi connectivity index (χ1v) is 16.6. The van der Waals surface area contributed by atoms with Crippen molar-refractivity contribution >= 4 is 23.3 Å². The van der Waals surface area contributed by atoms with Crippen LogP contribution in [0.1, 0.15) is 65.9 Å². The standard InChI is InChI=1S/C34H49ClF2N6O2/c1-8-14-34(43-21(3)17-38-18-22(43)4)23-16-24(35)28(29-25(36)11-10-12-26(29)44)30(37)31(23)42(7)32(40-34)45-15-13-27-39-19-33(5,9-2)20-41(27)6/h10-12,16,21-22,27,38-39,44H,8-9,13-15,17-20H2,1-7H3/t21-,22+,27?,33?,34?. The average Bonchev–Trinajstić information content (AvgIpc) is 2.98. The summed E-state index contributed by atoms with van der Waals surface area (Å²) in [5, 5.41) is 17.8. The molecule has 0 saturated carbocycles. The number of piperazine rings is 1. The molecule has 3 aliphatic heterocycles. The van der Waals surface area contributed by atoms with Crippen LogP contribution in [0.5, 0.6) is 5.75 Å². The maximum absolute atomic E-state index is 17.0. The zero-order valence-electron chi connectivity index (χ0n) is 27.7. The minimum absolute atomic E-state index is 0.0148. The Morgan fingerprint density at radius 3 is 2.47 bits per heavy atom. The van der Waals surface area contributed by atoms with Gasteiger partial charge in [-0.15, -0.1) is 0 Å². The van der Waals surface area contributed by atoms with E-state index < -0.39 is 17.3 Å². The fourth-order valence-corrected chi connectivity index (χ4v) is 7.87. The Kier molecular flexibility index (Phi) is 10.0. The number of benzene rings is 2. The van der Waals surface area contributed by atoms with Crippen molar-refractivity contribution in [2.45, 2.75) is 84.2 Å². The van der Waals surface area contributed by atoms with E-state index in [2.05, 4.69) is 62.1 Å². The van der Waals surface area contributed by atoms with Gasteiger partial charge < -0.3 is 20.5 Å². The molecule has 5 rings (SSSR count). The lowest BCUT2D eigenvalue weighted by molar-refractivity contribution is -0.0137. The van der Waals surface area contributed by atoms with Gasteiger partial charge >= 0.3 is 0 Å². The van der Waals surface area contributed by atoms with Gasteiger partial charge in [-0.3, -0.25) is 14.7 Å². The number of ether oxygens (including phenoxy) is 1. The number of nitrogens with zero attached hydrogens (tertiary/aromatic N) is 4. The van der Waals surface area contributed by atoms with E-state index in [4.69, 9.17) is 21.3 Å². The normalized spacial score (nSPS) is 29.4. The molecule has 2 aromatic rings. The van der Waals surface area contributed by atoms with Crippen molar-refractivity contribution in [3.8, 4) is 16.9 Å². The molecular weight excluding hydrogens is 598 g/mol. The first-order valence-electron chi connectivity index (χ1n) is 16.3. The number of amidine groups is 1. The van der Waals surface area contributed by atoms with Gasteiger partial charge in [-0.2, -0.15) is 0 Å². The molecule has 5 atom stereocenters. The van der Waals surface area contributed by atoms with Gasteiger partial charge in [0.25, 0.3) is 6.02 Å². The van der Waals surface area contributed by atoms with Crippen LogP contribution < -0.4 is 15.5 Å². The van der Waals surface area contributed by atoms with E-state index in [1.54, 1.807) is 18.0 Å². The molecule has 8 nitrogen and oxygen atoms in total. The van der Waals surface area contributed by atoms with Crippen molar-refractivity contribution in [3.05, 3.63) is 46.5 Å². The highest BCUT2D eigenvalue weighted by Gasteiger charge is 2.50. The van der Waals surface area contributed by atoms with E-state index in [1.165, 1.54) is 18.2 Å². The summed E-state index contributed by atoms with van der Waals surface area (Å²) in [6.45, 7) is 14.7. The smallest absolute Gasteiger partial charge is 0.294 e. The second-order valence-electron chi connectivity index (χ2n) is 13.5. The molecule has 0 amide bonds. The quantitative estimate of drug-likeness (QED) is 0.319. The van der Waals surface area contributed by atoms with Crippen LogP contribution in [0.2, 0.25) is 5.02 Å². The molecule has 0 spiro atoms. The molecule has 3 heterocycles. The van der Waals surface area contributed by atoms with E-state index in [1.807, 2.05) is 0 Å². The molecule has 0 aliphatic carbocycles. The van der Waals surface area contributed by atoms with E-state index in [9.17, 15) is 5.11 Å². The Morgan fingerprint density at radius 1 is 1.13 bits per heavy atom. The van der Waals surface area contributed by atoms with Gasteiger partial charge in [0, 0.05) is 62.9 Å². The van der Waals surface area contributed by atoms with Gasteiger partial charge in [-0.1, -0.05) is 44.9 Å². The van der Waals surface area contributed by atoms with Crippen molar-refractivity contribution in [1.29, 1.82) is 0 Å². The molecule has 0 radical (unpaired) electrons. The number of phenols is 1. The molecular formula is C34H49ClF2N6O2. The number of nitrogens with one attached hydrogen (secondary N) is 2. The summed E-state index contributed by atoms with van der Waals surface area (Å²) < 4.78 is 38.6. The fourth-order valence-electron chi connectivity index (χ4n) is 7.59. The summed E-state index contributed by atoms with van der Waals surface area (Å²) in [5.74, 6) is -1.86. The molecule has 2 saturated heterocycles. The SMILES string of the molecule is CCCC1(N2[C@H](C)CNC[C@@H]2C)N=C(OCCC2NCC(C)(CC)CN2C)N(C)c2c1cc(Cl)c(-c1c(O)cccc1F)c2F. The highest BCUT2D eigenvalue weighted by Crippen LogP contribution is 2.51. The van der Waals surface area contributed by atoms with Gasteiger partial charge in [-0.05, 0) is 57.4 Å². The summed E-state index contributed by atoms with van der Waals surface area (Å²) in [6.07, 6.45) is 3.32. The van der Waals surface area contributed by atoms with Crippen molar-refractivity contribution < 1.29 is 18.6 Å². The Balaban J connectivity index is 1.60. The third-order valence-corrected chi connectivity index (χ3v) is 10.3. The van der Waals surface area contributed by atoms with Gasteiger partial charge in [0.15, 0.2) is 5.82 Å². The number of hydrogen-bond acceptors (Lipinski definition) is 8. The van der Waals surface area contributed by atoms with Gasteiger partial charge in [0.1, 0.15) is 17.2 Å². The minimum Gasteiger partial charge on any atom is -0.507 e. The molecule has 3 aliphatic rings. The second-order valence-corrected chi connectivity index (χ2v) is 13.9. The Bertz CT molecular complexity index is 1400. The molecule has 3 unspecified atom stereocenters. The maximum Gasteiger partial charge on any atom is 0.294 e. The average molecular weight is 647 g/mol. The lowest BCUT2D eigenvalue weighted by atomic mass is 9.85. The molecule has 2 fully saturated rings. The predicted molar refractivity (Wildman–Crippen MR) is 178 cm³/mol. The van der Waals surface area contributed by atoms with Gasteiger partial charge in [0.05, 0.1) is 29.0 Å². The Morgan fingerprint density at radius 2 is 1.84 bits per heavy atom. The minimum atomic E-state index is -0.976. The first kappa shape index (κ1) is 33.9. The van der Waals surface area contributed by atoms with Crippen molar-refractivity contribution in [2.75, 3.05) is 51.8 Å². The van der Waals surface area contributed by atoms with E-state index in [0.29, 0.717) is 31.0 Å². The van der Waals surface area contributed by atoms with Crippen LogP contribution in [0.15, 0.2) is 29.3 Å². The zero-order valence-corrected chi connectivity index (χ0v) is 28.4. The number of anilines is 1. The summed E-state index contributed by atoms with van der Waals surface area (Å²) in [6, 6.07) is 6.06. The largest absolute Gasteiger partial charge is 0.507 e. The van der Waals surface area contributed by atoms with Crippen LogP contribution in [0, 0.1) is 17.0 Å². The summed E-state index contributed by atoms with van der Waals surface area (Å²) in [4.78, 5) is 11.6. The number of hydrogen-bond donors (Lipinski definition) is 3. The number of phenolic OH excluding ortho intramolecular Hbond substituents is 1. The zero-order chi connectivity index (χ0) is 32.7. The topological polar surface area (TPSA) is 75.6 Å². The van der Waals surface area contributed by atoms with Crippen molar-refractivity contribution in [2.24, 2.45) is 10.4 Å². The van der Waals surface area contributed by atoms with Crippen LogP contribution in [-0.2, 0) is 10.4 Å². The Labute approximate surface area is 271 Å². The lowest BCUT2D eigenvalue weighted by Crippen LogP contribution is -2.64.